The highest BCUT2D eigenvalue weighted by molar-refractivity contribution is 14.0. The highest BCUT2D eigenvalue weighted by atomic mass is 127. The van der Waals surface area contributed by atoms with Crippen molar-refractivity contribution in [3.63, 3.8) is 0 Å². The van der Waals surface area contributed by atoms with E-state index in [4.69, 9.17) is 9.73 Å². The number of hydrogen-bond acceptors (Lipinski definition) is 3. The van der Waals surface area contributed by atoms with E-state index in [0.29, 0.717) is 6.54 Å². The molecule has 0 saturated carbocycles. The second-order valence-electron chi connectivity index (χ2n) is 6.78. The Morgan fingerprint density at radius 2 is 1.81 bits per heavy atom. The van der Waals surface area contributed by atoms with Crippen molar-refractivity contribution in [2.45, 2.75) is 52.6 Å². The van der Waals surface area contributed by atoms with Crippen LogP contribution >= 0.6 is 24.0 Å². The molecule has 5 nitrogen and oxygen atoms in total. The first-order valence-corrected chi connectivity index (χ1v) is 10.2. The maximum Gasteiger partial charge on any atom is 0.191 e. The normalized spacial score (nSPS) is 15.3. The Kier molecular flexibility index (Phi) is 13.5. The van der Waals surface area contributed by atoms with E-state index in [-0.39, 0.29) is 24.0 Å². The average molecular weight is 488 g/mol. The van der Waals surface area contributed by atoms with Crippen LogP contribution in [0.5, 0.6) is 0 Å². The van der Waals surface area contributed by atoms with Crippen LogP contribution < -0.4 is 10.6 Å². The van der Waals surface area contributed by atoms with Gasteiger partial charge in [0.1, 0.15) is 0 Å². The maximum absolute atomic E-state index is 5.39. The van der Waals surface area contributed by atoms with Gasteiger partial charge in [-0.05, 0) is 57.3 Å². The first-order chi connectivity index (χ1) is 12.8. The van der Waals surface area contributed by atoms with Crippen molar-refractivity contribution >= 4 is 29.9 Å². The molecule has 1 aromatic rings. The summed E-state index contributed by atoms with van der Waals surface area (Å²) in [7, 11) is 0. The van der Waals surface area contributed by atoms with Crippen molar-refractivity contribution in [2.24, 2.45) is 4.99 Å². The molecule has 0 bridgehead atoms. The Bertz CT molecular complexity index is 533. The molecule has 1 saturated heterocycles. The molecule has 0 unspecified atom stereocenters. The molecular formula is C21H37IN4O. The summed E-state index contributed by atoms with van der Waals surface area (Å²) < 4.78 is 5.39. The van der Waals surface area contributed by atoms with Gasteiger partial charge in [-0.25, -0.2) is 4.99 Å². The molecule has 1 fully saturated rings. The highest BCUT2D eigenvalue weighted by Crippen LogP contribution is 2.16. The largest absolute Gasteiger partial charge is 0.382 e. The fourth-order valence-corrected chi connectivity index (χ4v) is 3.26. The number of guanidine groups is 1. The quantitative estimate of drug-likeness (QED) is 0.228. The molecule has 1 aliphatic heterocycles. The molecule has 0 spiro atoms. The lowest BCUT2D eigenvalue weighted by molar-refractivity contribution is 0.145. The van der Waals surface area contributed by atoms with Crippen LogP contribution in [0.2, 0.25) is 0 Å². The molecule has 1 aliphatic rings. The lowest BCUT2D eigenvalue weighted by Crippen LogP contribution is -2.38. The van der Waals surface area contributed by atoms with Gasteiger partial charge in [0.2, 0.25) is 0 Å². The van der Waals surface area contributed by atoms with Crippen molar-refractivity contribution in [2.75, 3.05) is 39.4 Å². The molecule has 2 rings (SSSR count). The molecule has 2 N–H and O–H groups in total. The van der Waals surface area contributed by atoms with Crippen LogP contribution in [-0.2, 0) is 17.8 Å². The van der Waals surface area contributed by atoms with Crippen molar-refractivity contribution in [3.05, 3.63) is 35.4 Å². The third kappa shape index (κ3) is 9.76. The summed E-state index contributed by atoms with van der Waals surface area (Å²) in [4.78, 5) is 7.36. The van der Waals surface area contributed by atoms with Crippen molar-refractivity contribution in [1.82, 2.24) is 15.5 Å². The minimum atomic E-state index is 0. The molecule has 0 atom stereocenters. The summed E-state index contributed by atoms with van der Waals surface area (Å²) in [5, 5.41) is 6.73. The number of likely N-dealkylation sites (tertiary alicyclic amines) is 1. The molecule has 154 valence electrons. The van der Waals surface area contributed by atoms with Crippen LogP contribution in [0.15, 0.2) is 29.3 Å². The van der Waals surface area contributed by atoms with Crippen molar-refractivity contribution in [3.8, 4) is 0 Å². The van der Waals surface area contributed by atoms with E-state index in [1.165, 1.54) is 43.5 Å². The maximum atomic E-state index is 5.39. The fraction of sp³-hybridized carbons (Fsp3) is 0.667. The molecule has 27 heavy (non-hydrogen) atoms. The van der Waals surface area contributed by atoms with Gasteiger partial charge < -0.3 is 15.4 Å². The number of halogens is 1. The topological polar surface area (TPSA) is 48.9 Å². The van der Waals surface area contributed by atoms with Crippen LogP contribution in [0.3, 0.4) is 0 Å². The number of aliphatic imine (C=N–C) groups is 1. The zero-order chi connectivity index (χ0) is 18.5. The molecule has 0 radical (unpaired) electrons. The van der Waals surface area contributed by atoms with E-state index in [1.807, 2.05) is 6.92 Å². The molecule has 0 aliphatic carbocycles. The van der Waals surface area contributed by atoms with E-state index in [9.17, 15) is 0 Å². The third-order valence-corrected chi connectivity index (χ3v) is 4.67. The standard InChI is InChI=1S/C21H36N4O.HI/c1-3-22-21(23-13-10-16-26-4-2)24-17-19-11-6-7-12-20(19)18-25-14-8-5-9-15-25;/h6-7,11-12H,3-5,8-10,13-18H2,1-2H3,(H2,22,23,24);1H. The van der Waals surface area contributed by atoms with Crippen LogP contribution in [0, 0.1) is 0 Å². The predicted molar refractivity (Wildman–Crippen MR) is 125 cm³/mol. The first kappa shape index (κ1) is 24.2. The van der Waals surface area contributed by atoms with Crippen molar-refractivity contribution in [1.29, 1.82) is 0 Å². The lowest BCUT2D eigenvalue weighted by Gasteiger charge is -2.27. The number of nitrogens with one attached hydrogen (secondary N) is 2. The molecule has 1 aromatic carbocycles. The van der Waals surface area contributed by atoms with Crippen molar-refractivity contribution < 1.29 is 4.74 Å². The molecule has 6 heteroatoms. The number of hydrogen-bond donors (Lipinski definition) is 2. The second-order valence-corrected chi connectivity index (χ2v) is 6.78. The van der Waals surface area contributed by atoms with Gasteiger partial charge in [-0.2, -0.15) is 0 Å². The number of nitrogens with zero attached hydrogens (tertiary/aromatic N) is 2. The Morgan fingerprint density at radius 1 is 1.07 bits per heavy atom. The Labute approximate surface area is 182 Å². The summed E-state index contributed by atoms with van der Waals surface area (Å²) in [6.45, 7) is 11.7. The Balaban J connectivity index is 0.00000364. The van der Waals surface area contributed by atoms with Crippen LogP contribution in [0.4, 0.5) is 0 Å². The summed E-state index contributed by atoms with van der Waals surface area (Å²) in [6.07, 6.45) is 5.03. The number of rotatable bonds is 10. The Hall–Kier alpha value is -0.860. The van der Waals surface area contributed by atoms with E-state index in [0.717, 1.165) is 45.2 Å². The summed E-state index contributed by atoms with van der Waals surface area (Å²) >= 11 is 0. The Morgan fingerprint density at radius 3 is 2.52 bits per heavy atom. The molecule has 0 aromatic heterocycles. The van der Waals surface area contributed by atoms with Crippen LogP contribution in [-0.4, -0.2) is 50.3 Å². The highest BCUT2D eigenvalue weighted by Gasteiger charge is 2.12. The fourth-order valence-electron chi connectivity index (χ4n) is 3.26. The zero-order valence-electron chi connectivity index (χ0n) is 17.0. The number of benzene rings is 1. The van der Waals surface area contributed by atoms with Gasteiger partial charge in [0, 0.05) is 32.8 Å². The summed E-state index contributed by atoms with van der Waals surface area (Å²) in [6, 6.07) is 8.72. The summed E-state index contributed by atoms with van der Waals surface area (Å²) in [5.74, 6) is 0.886. The lowest BCUT2D eigenvalue weighted by atomic mass is 10.1. The van der Waals surface area contributed by atoms with Crippen LogP contribution in [0.25, 0.3) is 0 Å². The van der Waals surface area contributed by atoms with Crippen LogP contribution in [0.1, 0.15) is 50.7 Å². The van der Waals surface area contributed by atoms with Gasteiger partial charge in [0.15, 0.2) is 5.96 Å². The zero-order valence-corrected chi connectivity index (χ0v) is 19.3. The van der Waals surface area contributed by atoms with E-state index >= 15 is 0 Å². The van der Waals surface area contributed by atoms with Gasteiger partial charge in [0.05, 0.1) is 6.54 Å². The molecule has 1 heterocycles. The third-order valence-electron chi connectivity index (χ3n) is 4.67. The van der Waals surface area contributed by atoms with Gasteiger partial charge >= 0.3 is 0 Å². The molecule has 0 amide bonds. The second kappa shape index (κ2) is 15.1. The minimum Gasteiger partial charge on any atom is -0.382 e. The minimum absolute atomic E-state index is 0. The van der Waals surface area contributed by atoms with Gasteiger partial charge in [0.25, 0.3) is 0 Å². The molecular weight excluding hydrogens is 451 g/mol. The number of ether oxygens (including phenoxy) is 1. The van der Waals surface area contributed by atoms with Gasteiger partial charge in [-0.15, -0.1) is 24.0 Å². The van der Waals surface area contributed by atoms with E-state index in [2.05, 4.69) is 46.7 Å². The predicted octanol–water partition coefficient (Wildman–Crippen LogP) is 3.77. The van der Waals surface area contributed by atoms with Gasteiger partial charge in [-0.1, -0.05) is 30.7 Å². The average Bonchev–Trinajstić information content (AvgIpc) is 2.67. The summed E-state index contributed by atoms with van der Waals surface area (Å²) in [5.41, 5.74) is 2.73. The van der Waals surface area contributed by atoms with Gasteiger partial charge in [-0.3, -0.25) is 4.90 Å². The number of piperidine rings is 1. The smallest absolute Gasteiger partial charge is 0.191 e. The SMILES string of the molecule is CCNC(=NCc1ccccc1CN1CCCCC1)NCCCOCC.I. The first-order valence-electron chi connectivity index (χ1n) is 10.2. The van der Waals surface area contributed by atoms with E-state index in [1.54, 1.807) is 0 Å². The monoisotopic (exact) mass is 488 g/mol. The van der Waals surface area contributed by atoms with E-state index < -0.39 is 0 Å².